The number of hydrogen-bond acceptors (Lipinski definition) is 0. The maximum absolute atomic E-state index is 12.3. The second-order valence-corrected chi connectivity index (χ2v) is 3.01. The Bertz CT molecular complexity index is 313. The van der Waals surface area contributed by atoms with E-state index in [0.29, 0.717) is 6.08 Å². The van der Waals surface area contributed by atoms with Crippen molar-refractivity contribution >= 4 is 0 Å². The van der Waals surface area contributed by atoms with Gasteiger partial charge in [0.15, 0.2) is 0 Å². The van der Waals surface area contributed by atoms with Crippen molar-refractivity contribution < 1.29 is 26.3 Å². The molecule has 0 unspecified atom stereocenters. The van der Waals surface area contributed by atoms with E-state index in [2.05, 4.69) is 0 Å². The minimum Gasteiger partial charge on any atom is -0.167 e. The number of alkyl halides is 6. The van der Waals surface area contributed by atoms with Crippen LogP contribution < -0.4 is 0 Å². The van der Waals surface area contributed by atoms with E-state index in [1.165, 1.54) is 19.9 Å². The Morgan fingerprint density at radius 3 is 1.81 bits per heavy atom. The molecule has 0 aliphatic rings. The van der Waals surface area contributed by atoms with E-state index in [9.17, 15) is 26.3 Å². The summed E-state index contributed by atoms with van der Waals surface area (Å²) in [5.74, 6) is 0. The van der Waals surface area contributed by atoms with E-state index in [4.69, 9.17) is 0 Å². The van der Waals surface area contributed by atoms with Crippen molar-refractivity contribution in [2.45, 2.75) is 26.2 Å². The summed E-state index contributed by atoms with van der Waals surface area (Å²) in [6.45, 7) is 2.86. The molecular formula is C10H10F6. The van der Waals surface area contributed by atoms with Crippen LogP contribution in [-0.4, -0.2) is 12.4 Å². The lowest BCUT2D eigenvalue weighted by atomic mass is 10.1. The molecule has 0 fully saturated rings. The maximum Gasteiger partial charge on any atom is 0.416 e. The first kappa shape index (κ1) is 14.8. The van der Waals surface area contributed by atoms with Crippen molar-refractivity contribution in [2.75, 3.05) is 0 Å². The van der Waals surface area contributed by atoms with Gasteiger partial charge in [-0.3, -0.25) is 0 Å². The molecule has 0 amide bonds. The molecule has 0 radical (unpaired) electrons. The van der Waals surface area contributed by atoms with Gasteiger partial charge >= 0.3 is 12.4 Å². The summed E-state index contributed by atoms with van der Waals surface area (Å²) >= 11 is 0. The molecule has 0 aromatic rings. The quantitative estimate of drug-likeness (QED) is 0.493. The largest absolute Gasteiger partial charge is 0.416 e. The second kappa shape index (κ2) is 5.23. The summed E-state index contributed by atoms with van der Waals surface area (Å²) in [5, 5.41) is 0. The van der Waals surface area contributed by atoms with E-state index >= 15 is 0 Å². The zero-order valence-electron chi connectivity index (χ0n) is 8.58. The fourth-order valence-corrected chi connectivity index (χ4v) is 0.737. The van der Waals surface area contributed by atoms with Gasteiger partial charge in [0.1, 0.15) is 0 Å². The van der Waals surface area contributed by atoms with Crippen molar-refractivity contribution in [1.82, 2.24) is 0 Å². The van der Waals surface area contributed by atoms with E-state index < -0.39 is 24.0 Å². The first-order valence-corrected chi connectivity index (χ1v) is 4.24. The van der Waals surface area contributed by atoms with Crippen LogP contribution in [0, 0.1) is 0 Å². The van der Waals surface area contributed by atoms with Gasteiger partial charge in [0.05, 0.1) is 5.57 Å². The predicted octanol–water partition coefficient (Wildman–Crippen LogP) is 4.56. The normalized spacial score (nSPS) is 16.0. The molecule has 0 saturated heterocycles. The van der Waals surface area contributed by atoms with Crippen LogP contribution in [0.2, 0.25) is 0 Å². The summed E-state index contributed by atoms with van der Waals surface area (Å²) in [7, 11) is 0. The monoisotopic (exact) mass is 244 g/mol. The Kier molecular flexibility index (Phi) is 4.83. The summed E-state index contributed by atoms with van der Waals surface area (Å²) < 4.78 is 72.0. The van der Waals surface area contributed by atoms with E-state index in [1.807, 2.05) is 0 Å². The van der Waals surface area contributed by atoms with Crippen LogP contribution >= 0.6 is 0 Å². The van der Waals surface area contributed by atoms with Gasteiger partial charge in [-0.05, 0) is 26.0 Å². The first-order valence-electron chi connectivity index (χ1n) is 4.24. The zero-order valence-corrected chi connectivity index (χ0v) is 8.58. The summed E-state index contributed by atoms with van der Waals surface area (Å²) in [6, 6.07) is 0. The summed E-state index contributed by atoms with van der Waals surface area (Å²) in [6.07, 6.45) is -7.95. The van der Waals surface area contributed by atoms with Gasteiger partial charge in [0.25, 0.3) is 0 Å². The molecule has 0 heterocycles. The van der Waals surface area contributed by atoms with Crippen LogP contribution in [0.1, 0.15) is 13.8 Å². The second-order valence-electron chi connectivity index (χ2n) is 3.01. The van der Waals surface area contributed by atoms with Crippen LogP contribution in [0.25, 0.3) is 0 Å². The summed E-state index contributed by atoms with van der Waals surface area (Å²) in [4.78, 5) is 0. The maximum atomic E-state index is 12.3. The molecular weight excluding hydrogens is 234 g/mol. The average molecular weight is 244 g/mol. The van der Waals surface area contributed by atoms with Crippen molar-refractivity contribution in [3.05, 3.63) is 35.5 Å². The number of allylic oxidation sites excluding steroid dienone is 6. The molecule has 16 heavy (non-hydrogen) atoms. The minimum atomic E-state index is -4.80. The molecule has 0 atom stereocenters. The number of hydrogen-bond donors (Lipinski definition) is 0. The SMILES string of the molecule is C\C=C(C)/C=C(\C=C\C(F)(F)F)C(F)(F)F. The van der Waals surface area contributed by atoms with Gasteiger partial charge in [0.2, 0.25) is 0 Å². The standard InChI is InChI=1S/C10H10F6/c1-3-7(2)6-8(10(14,15)16)4-5-9(11,12)13/h3-6H,1-2H3/b5-4+,7-3-,8-6+. The minimum absolute atomic E-state index is 0.0208. The number of rotatable bonds is 2. The van der Waals surface area contributed by atoms with Crippen molar-refractivity contribution in [1.29, 1.82) is 0 Å². The van der Waals surface area contributed by atoms with Crippen LogP contribution in [0.5, 0.6) is 0 Å². The van der Waals surface area contributed by atoms with E-state index in [-0.39, 0.29) is 11.6 Å². The van der Waals surface area contributed by atoms with E-state index in [0.717, 1.165) is 0 Å². The van der Waals surface area contributed by atoms with Gasteiger partial charge in [-0.25, -0.2) is 0 Å². The topological polar surface area (TPSA) is 0 Å². The molecule has 0 aliphatic carbocycles. The molecule has 0 aromatic carbocycles. The van der Waals surface area contributed by atoms with Gasteiger partial charge in [-0.15, -0.1) is 0 Å². The van der Waals surface area contributed by atoms with Crippen molar-refractivity contribution in [2.24, 2.45) is 0 Å². The highest BCUT2D eigenvalue weighted by Crippen LogP contribution is 2.29. The van der Waals surface area contributed by atoms with Crippen LogP contribution in [-0.2, 0) is 0 Å². The molecule has 92 valence electrons. The predicted molar refractivity (Wildman–Crippen MR) is 48.8 cm³/mol. The molecule has 0 aliphatic heterocycles. The molecule has 0 bridgehead atoms. The third-order valence-corrected chi connectivity index (χ3v) is 1.62. The van der Waals surface area contributed by atoms with Crippen LogP contribution in [0.15, 0.2) is 35.5 Å². The lowest BCUT2D eigenvalue weighted by molar-refractivity contribution is -0.0902. The third-order valence-electron chi connectivity index (χ3n) is 1.62. The molecule has 0 spiro atoms. The first-order chi connectivity index (χ1) is 7.06. The highest BCUT2D eigenvalue weighted by atomic mass is 19.4. The fourth-order valence-electron chi connectivity index (χ4n) is 0.737. The highest BCUT2D eigenvalue weighted by molar-refractivity contribution is 5.32. The van der Waals surface area contributed by atoms with E-state index in [1.54, 1.807) is 0 Å². The van der Waals surface area contributed by atoms with Crippen LogP contribution in [0.3, 0.4) is 0 Å². The molecule has 6 heteroatoms. The Hall–Kier alpha value is -1.20. The lowest BCUT2D eigenvalue weighted by Crippen LogP contribution is -2.11. The fraction of sp³-hybridized carbons (Fsp3) is 0.400. The Balaban J connectivity index is 5.16. The lowest BCUT2D eigenvalue weighted by Gasteiger charge is -2.08. The smallest absolute Gasteiger partial charge is 0.167 e. The van der Waals surface area contributed by atoms with Gasteiger partial charge in [-0.2, -0.15) is 26.3 Å². The summed E-state index contributed by atoms with van der Waals surface area (Å²) in [5.41, 5.74) is -1.10. The van der Waals surface area contributed by atoms with Crippen LogP contribution in [0.4, 0.5) is 26.3 Å². The van der Waals surface area contributed by atoms with Crippen molar-refractivity contribution in [3.63, 3.8) is 0 Å². The molecule has 0 aromatic heterocycles. The molecule has 0 rings (SSSR count). The Morgan fingerprint density at radius 2 is 1.50 bits per heavy atom. The van der Waals surface area contributed by atoms with Gasteiger partial charge < -0.3 is 0 Å². The number of halogens is 6. The molecule has 0 saturated carbocycles. The van der Waals surface area contributed by atoms with Crippen molar-refractivity contribution in [3.8, 4) is 0 Å². The highest BCUT2D eigenvalue weighted by Gasteiger charge is 2.33. The molecule has 0 nitrogen and oxygen atoms in total. The Morgan fingerprint density at radius 1 is 1.00 bits per heavy atom. The van der Waals surface area contributed by atoms with Gasteiger partial charge in [-0.1, -0.05) is 11.6 Å². The third kappa shape index (κ3) is 6.31. The molecule has 0 N–H and O–H groups in total. The Labute approximate surface area is 88.9 Å². The average Bonchev–Trinajstić information content (AvgIpc) is 2.08. The zero-order chi connectivity index (χ0) is 13.0. The van der Waals surface area contributed by atoms with Gasteiger partial charge in [0, 0.05) is 6.08 Å².